The lowest BCUT2D eigenvalue weighted by Gasteiger charge is -2.13. The molecule has 1 aromatic carbocycles. The van der Waals surface area contributed by atoms with Gasteiger partial charge in [-0.05, 0) is 49.9 Å². The Balaban J connectivity index is 2.83. The number of rotatable bonds is 6. The maximum atomic E-state index is 12.2. The third-order valence-electron chi connectivity index (χ3n) is 2.91. The Morgan fingerprint density at radius 3 is 2.61 bits per heavy atom. The summed E-state index contributed by atoms with van der Waals surface area (Å²) in [7, 11) is -3.42. The molecule has 1 unspecified atom stereocenters. The van der Waals surface area contributed by atoms with Gasteiger partial charge in [0.05, 0.1) is 4.90 Å². The van der Waals surface area contributed by atoms with Gasteiger partial charge in [0.1, 0.15) is 0 Å². The van der Waals surface area contributed by atoms with Gasteiger partial charge in [0, 0.05) is 6.54 Å². The van der Waals surface area contributed by atoms with Crippen molar-refractivity contribution in [3.8, 4) is 0 Å². The third kappa shape index (κ3) is 4.08. The van der Waals surface area contributed by atoms with Crippen LogP contribution in [0.5, 0.6) is 0 Å². The number of hydrogen-bond acceptors (Lipinski definition) is 3. The Morgan fingerprint density at radius 1 is 1.33 bits per heavy atom. The van der Waals surface area contributed by atoms with Crippen LogP contribution >= 0.6 is 0 Å². The highest BCUT2D eigenvalue weighted by molar-refractivity contribution is 7.89. The lowest BCUT2D eigenvalue weighted by Crippen LogP contribution is -2.29. The summed E-state index contributed by atoms with van der Waals surface area (Å²) in [5.74, 6) is 0.245. The van der Waals surface area contributed by atoms with Crippen LogP contribution in [0.3, 0.4) is 0 Å². The molecule has 0 aliphatic heterocycles. The zero-order chi connectivity index (χ0) is 13.8. The SMILES string of the molecule is Cc1ccc(C)c(S(=O)(=O)NCC(C)CCN)c1. The van der Waals surface area contributed by atoms with E-state index in [0.717, 1.165) is 17.5 Å². The second kappa shape index (κ2) is 6.31. The molecular weight excluding hydrogens is 248 g/mol. The molecule has 1 atom stereocenters. The zero-order valence-corrected chi connectivity index (χ0v) is 12.0. The second-order valence-corrected chi connectivity index (χ2v) is 6.54. The quantitative estimate of drug-likeness (QED) is 0.824. The first-order valence-electron chi connectivity index (χ1n) is 6.14. The summed E-state index contributed by atoms with van der Waals surface area (Å²) in [5.41, 5.74) is 7.15. The van der Waals surface area contributed by atoms with Crippen LogP contribution in [0.15, 0.2) is 23.1 Å². The molecule has 3 N–H and O–H groups in total. The Labute approximate surface area is 110 Å². The van der Waals surface area contributed by atoms with E-state index in [1.165, 1.54) is 0 Å². The molecule has 1 rings (SSSR count). The Morgan fingerprint density at radius 2 is 2.00 bits per heavy atom. The van der Waals surface area contributed by atoms with E-state index in [0.29, 0.717) is 18.0 Å². The van der Waals surface area contributed by atoms with Crippen LogP contribution in [0.4, 0.5) is 0 Å². The molecule has 0 saturated carbocycles. The summed E-state index contributed by atoms with van der Waals surface area (Å²) in [6, 6.07) is 5.43. The monoisotopic (exact) mass is 270 g/mol. The fourth-order valence-electron chi connectivity index (χ4n) is 1.71. The molecule has 0 heterocycles. The van der Waals surface area contributed by atoms with Crippen LogP contribution < -0.4 is 10.5 Å². The fraction of sp³-hybridized carbons (Fsp3) is 0.538. The van der Waals surface area contributed by atoms with Gasteiger partial charge in [0.25, 0.3) is 0 Å². The smallest absolute Gasteiger partial charge is 0.240 e. The van der Waals surface area contributed by atoms with Crippen molar-refractivity contribution in [2.75, 3.05) is 13.1 Å². The molecule has 0 spiro atoms. The molecule has 0 radical (unpaired) electrons. The largest absolute Gasteiger partial charge is 0.330 e. The van der Waals surface area contributed by atoms with Crippen LogP contribution in [0.2, 0.25) is 0 Å². The van der Waals surface area contributed by atoms with Crippen LogP contribution in [0, 0.1) is 19.8 Å². The molecule has 1 aromatic rings. The van der Waals surface area contributed by atoms with Gasteiger partial charge in [0.2, 0.25) is 10.0 Å². The van der Waals surface area contributed by atoms with Gasteiger partial charge >= 0.3 is 0 Å². The van der Waals surface area contributed by atoms with E-state index in [1.807, 2.05) is 26.0 Å². The Hall–Kier alpha value is -0.910. The van der Waals surface area contributed by atoms with E-state index < -0.39 is 10.0 Å². The van der Waals surface area contributed by atoms with Crippen LogP contribution in [-0.2, 0) is 10.0 Å². The maximum Gasteiger partial charge on any atom is 0.240 e. The standard InChI is InChI=1S/C13H22N2O2S/c1-10-4-5-12(3)13(8-10)18(16,17)15-9-11(2)6-7-14/h4-5,8,11,15H,6-7,9,14H2,1-3H3. The van der Waals surface area contributed by atoms with E-state index in [4.69, 9.17) is 5.73 Å². The highest BCUT2D eigenvalue weighted by Crippen LogP contribution is 2.16. The first-order chi connectivity index (χ1) is 8.36. The number of sulfonamides is 1. The molecule has 0 amide bonds. The summed E-state index contributed by atoms with van der Waals surface area (Å²) in [5, 5.41) is 0. The molecule has 0 aliphatic rings. The van der Waals surface area contributed by atoms with E-state index in [2.05, 4.69) is 4.72 Å². The molecule has 0 bridgehead atoms. The molecule has 5 heteroatoms. The number of aryl methyl sites for hydroxylation is 2. The van der Waals surface area contributed by atoms with E-state index in [1.54, 1.807) is 13.0 Å². The summed E-state index contributed by atoms with van der Waals surface area (Å²) in [4.78, 5) is 0.363. The summed E-state index contributed by atoms with van der Waals surface area (Å²) < 4.78 is 27.0. The van der Waals surface area contributed by atoms with Crippen molar-refractivity contribution in [1.82, 2.24) is 4.72 Å². The number of nitrogens with one attached hydrogen (secondary N) is 1. The highest BCUT2D eigenvalue weighted by Gasteiger charge is 2.17. The average molecular weight is 270 g/mol. The Bertz CT molecular complexity index is 498. The minimum Gasteiger partial charge on any atom is -0.330 e. The van der Waals surface area contributed by atoms with Gasteiger partial charge in [-0.25, -0.2) is 13.1 Å². The van der Waals surface area contributed by atoms with Gasteiger partial charge in [-0.2, -0.15) is 0 Å². The zero-order valence-electron chi connectivity index (χ0n) is 11.2. The molecule has 102 valence electrons. The predicted octanol–water partition coefficient (Wildman–Crippen LogP) is 1.57. The minimum atomic E-state index is -3.42. The predicted molar refractivity (Wildman–Crippen MR) is 73.9 cm³/mol. The fourth-order valence-corrected chi connectivity index (χ4v) is 3.21. The van der Waals surface area contributed by atoms with Crippen molar-refractivity contribution in [2.24, 2.45) is 11.7 Å². The molecule has 0 saturated heterocycles. The van der Waals surface area contributed by atoms with Crippen molar-refractivity contribution in [1.29, 1.82) is 0 Å². The summed E-state index contributed by atoms with van der Waals surface area (Å²) >= 11 is 0. The van der Waals surface area contributed by atoms with Crippen LogP contribution in [-0.4, -0.2) is 21.5 Å². The van der Waals surface area contributed by atoms with Gasteiger partial charge in [-0.15, -0.1) is 0 Å². The normalized spacial score (nSPS) is 13.6. The van der Waals surface area contributed by atoms with Crippen molar-refractivity contribution >= 4 is 10.0 Å². The first kappa shape index (κ1) is 15.1. The number of hydrogen-bond donors (Lipinski definition) is 2. The van der Waals surface area contributed by atoms with Crippen molar-refractivity contribution < 1.29 is 8.42 Å². The molecule has 0 aliphatic carbocycles. The Kier molecular flexibility index (Phi) is 5.31. The lowest BCUT2D eigenvalue weighted by molar-refractivity contribution is 0.515. The van der Waals surface area contributed by atoms with Gasteiger partial charge in [-0.3, -0.25) is 0 Å². The highest BCUT2D eigenvalue weighted by atomic mass is 32.2. The second-order valence-electron chi connectivity index (χ2n) is 4.80. The van der Waals surface area contributed by atoms with Crippen molar-refractivity contribution in [3.05, 3.63) is 29.3 Å². The van der Waals surface area contributed by atoms with Gasteiger partial charge in [0.15, 0.2) is 0 Å². The first-order valence-corrected chi connectivity index (χ1v) is 7.62. The van der Waals surface area contributed by atoms with Gasteiger partial charge < -0.3 is 5.73 Å². The summed E-state index contributed by atoms with van der Waals surface area (Å²) in [6.07, 6.45) is 0.815. The molecule has 0 aromatic heterocycles. The topological polar surface area (TPSA) is 72.2 Å². The van der Waals surface area contributed by atoms with Crippen molar-refractivity contribution in [2.45, 2.75) is 32.1 Å². The minimum absolute atomic E-state index is 0.245. The number of benzene rings is 1. The lowest BCUT2D eigenvalue weighted by atomic mass is 10.1. The van der Waals surface area contributed by atoms with E-state index in [9.17, 15) is 8.42 Å². The maximum absolute atomic E-state index is 12.2. The molecule has 4 nitrogen and oxygen atoms in total. The van der Waals surface area contributed by atoms with E-state index >= 15 is 0 Å². The van der Waals surface area contributed by atoms with Crippen molar-refractivity contribution in [3.63, 3.8) is 0 Å². The number of nitrogens with two attached hydrogens (primary N) is 1. The molecule has 18 heavy (non-hydrogen) atoms. The van der Waals surface area contributed by atoms with Gasteiger partial charge in [-0.1, -0.05) is 19.1 Å². The van der Waals surface area contributed by atoms with Crippen LogP contribution in [0.1, 0.15) is 24.5 Å². The van der Waals surface area contributed by atoms with E-state index in [-0.39, 0.29) is 5.92 Å². The molecule has 0 fully saturated rings. The third-order valence-corrected chi connectivity index (χ3v) is 4.48. The molecular formula is C13H22N2O2S. The summed E-state index contributed by atoms with van der Waals surface area (Å²) in [6.45, 7) is 6.67. The van der Waals surface area contributed by atoms with Crippen LogP contribution in [0.25, 0.3) is 0 Å². The average Bonchev–Trinajstić information content (AvgIpc) is 2.30.